The number of methoxy groups -OCH3 is 1. The summed E-state index contributed by atoms with van der Waals surface area (Å²) in [6, 6.07) is 13.5. The number of anilines is 1. The molecule has 1 aliphatic heterocycles. The highest BCUT2D eigenvalue weighted by atomic mass is 32.2. The molecule has 2 aromatic rings. The summed E-state index contributed by atoms with van der Waals surface area (Å²) in [4.78, 5) is 25.8. The van der Waals surface area contributed by atoms with Crippen molar-refractivity contribution in [1.29, 1.82) is 0 Å². The summed E-state index contributed by atoms with van der Waals surface area (Å²) in [7, 11) is -0.294. The minimum atomic E-state index is -3.29. The SMILES string of the molecule is COC(=O)c1ccc(CN(C)C(=O)c2cccc(N3CCCS3(=O)=O)c2)cc1. The van der Waals surface area contributed by atoms with Gasteiger partial charge in [-0.1, -0.05) is 18.2 Å². The third-order valence-corrected chi connectivity index (χ3v) is 6.49. The number of hydrogen-bond acceptors (Lipinski definition) is 5. The standard InChI is InChI=1S/C20H22N2O5S/c1-21(14-15-7-9-16(10-8-15)20(24)27-2)19(23)17-5-3-6-18(13-17)22-11-4-12-28(22,25)26/h3,5-10,13H,4,11-12,14H2,1-2H3. The zero-order chi connectivity index (χ0) is 20.3. The second kappa shape index (κ2) is 8.02. The van der Waals surface area contributed by atoms with Crippen molar-refractivity contribution in [2.75, 3.05) is 30.8 Å². The van der Waals surface area contributed by atoms with E-state index in [1.54, 1.807) is 60.5 Å². The highest BCUT2D eigenvalue weighted by molar-refractivity contribution is 7.93. The lowest BCUT2D eigenvalue weighted by Crippen LogP contribution is -2.28. The van der Waals surface area contributed by atoms with Gasteiger partial charge in [-0.15, -0.1) is 0 Å². The monoisotopic (exact) mass is 402 g/mol. The molecule has 0 aliphatic carbocycles. The van der Waals surface area contributed by atoms with Crippen LogP contribution in [-0.4, -0.2) is 51.6 Å². The lowest BCUT2D eigenvalue weighted by Gasteiger charge is -2.20. The van der Waals surface area contributed by atoms with Crippen LogP contribution in [0.1, 0.15) is 32.7 Å². The summed E-state index contributed by atoms with van der Waals surface area (Å²) in [5.41, 5.74) is 2.24. The molecule has 3 rings (SSSR count). The maximum absolute atomic E-state index is 12.8. The minimum Gasteiger partial charge on any atom is -0.465 e. The van der Waals surface area contributed by atoms with Crippen molar-refractivity contribution >= 4 is 27.6 Å². The van der Waals surface area contributed by atoms with Gasteiger partial charge in [-0.05, 0) is 42.3 Å². The first-order chi connectivity index (χ1) is 13.3. The van der Waals surface area contributed by atoms with E-state index in [0.29, 0.717) is 36.3 Å². The van der Waals surface area contributed by atoms with E-state index in [4.69, 9.17) is 0 Å². The van der Waals surface area contributed by atoms with Gasteiger partial charge in [-0.25, -0.2) is 13.2 Å². The highest BCUT2D eigenvalue weighted by Crippen LogP contribution is 2.25. The molecule has 2 aromatic carbocycles. The Labute approximate surface area is 164 Å². The summed E-state index contributed by atoms with van der Waals surface area (Å²) >= 11 is 0. The van der Waals surface area contributed by atoms with Gasteiger partial charge in [0.15, 0.2) is 0 Å². The normalized spacial score (nSPS) is 15.3. The number of carbonyl (C=O) groups is 2. The molecular formula is C20H22N2O5S. The van der Waals surface area contributed by atoms with Gasteiger partial charge < -0.3 is 9.64 Å². The van der Waals surface area contributed by atoms with E-state index >= 15 is 0 Å². The van der Waals surface area contributed by atoms with E-state index in [2.05, 4.69) is 4.74 Å². The molecule has 0 N–H and O–H groups in total. The fourth-order valence-electron chi connectivity index (χ4n) is 3.15. The number of benzene rings is 2. The fourth-order valence-corrected chi connectivity index (χ4v) is 4.71. The molecule has 0 radical (unpaired) electrons. The third-order valence-electron chi connectivity index (χ3n) is 4.62. The van der Waals surface area contributed by atoms with E-state index in [0.717, 1.165) is 5.56 Å². The Morgan fingerprint density at radius 1 is 1.11 bits per heavy atom. The minimum absolute atomic E-state index is 0.132. The van der Waals surface area contributed by atoms with Crippen LogP contribution in [-0.2, 0) is 21.3 Å². The fraction of sp³-hybridized carbons (Fsp3) is 0.300. The summed E-state index contributed by atoms with van der Waals surface area (Å²) in [6.07, 6.45) is 0.585. The van der Waals surface area contributed by atoms with Crippen molar-refractivity contribution in [3.63, 3.8) is 0 Å². The van der Waals surface area contributed by atoms with E-state index < -0.39 is 16.0 Å². The number of nitrogens with zero attached hydrogens (tertiary/aromatic N) is 2. The van der Waals surface area contributed by atoms with Crippen LogP contribution in [0.15, 0.2) is 48.5 Å². The molecule has 8 heteroatoms. The molecule has 148 valence electrons. The van der Waals surface area contributed by atoms with E-state index in [9.17, 15) is 18.0 Å². The Bertz CT molecular complexity index is 986. The van der Waals surface area contributed by atoms with Gasteiger partial charge in [0.05, 0.1) is 24.1 Å². The summed E-state index contributed by atoms with van der Waals surface area (Å²) in [5.74, 6) is -0.493. The Morgan fingerprint density at radius 2 is 1.82 bits per heavy atom. The predicted octanol–water partition coefficient (Wildman–Crippen LogP) is 2.29. The summed E-state index contributed by atoms with van der Waals surface area (Å²) < 4.78 is 30.3. The van der Waals surface area contributed by atoms with Crippen LogP contribution >= 0.6 is 0 Å². The van der Waals surface area contributed by atoms with Crippen LogP contribution in [0.2, 0.25) is 0 Å². The zero-order valence-corrected chi connectivity index (χ0v) is 16.6. The number of sulfonamides is 1. The maximum Gasteiger partial charge on any atom is 0.337 e. The van der Waals surface area contributed by atoms with Crippen molar-refractivity contribution in [2.24, 2.45) is 0 Å². The molecule has 1 fully saturated rings. The number of carbonyl (C=O) groups excluding carboxylic acids is 2. The smallest absolute Gasteiger partial charge is 0.337 e. The Kier molecular flexibility index (Phi) is 5.69. The van der Waals surface area contributed by atoms with Crippen molar-refractivity contribution < 1.29 is 22.7 Å². The second-order valence-corrected chi connectivity index (χ2v) is 8.65. The molecule has 0 saturated carbocycles. The quantitative estimate of drug-likeness (QED) is 0.717. The molecule has 28 heavy (non-hydrogen) atoms. The summed E-state index contributed by atoms with van der Waals surface area (Å²) in [6.45, 7) is 0.787. The Hall–Kier alpha value is -2.87. The van der Waals surface area contributed by atoms with Gasteiger partial charge >= 0.3 is 5.97 Å². The molecule has 1 amide bonds. The van der Waals surface area contributed by atoms with Gasteiger partial charge in [0, 0.05) is 25.7 Å². The van der Waals surface area contributed by atoms with Crippen LogP contribution < -0.4 is 4.31 Å². The third kappa shape index (κ3) is 4.17. The molecule has 0 atom stereocenters. The number of amides is 1. The Morgan fingerprint density at radius 3 is 2.43 bits per heavy atom. The number of esters is 1. The molecule has 0 bridgehead atoms. The van der Waals surface area contributed by atoms with Crippen molar-refractivity contribution in [2.45, 2.75) is 13.0 Å². The maximum atomic E-state index is 12.8. The van der Waals surface area contributed by atoms with Crippen molar-refractivity contribution in [3.8, 4) is 0 Å². The highest BCUT2D eigenvalue weighted by Gasteiger charge is 2.28. The van der Waals surface area contributed by atoms with Crippen LogP contribution in [0.25, 0.3) is 0 Å². The molecule has 0 aromatic heterocycles. The second-order valence-electron chi connectivity index (χ2n) is 6.64. The molecule has 7 nitrogen and oxygen atoms in total. The van der Waals surface area contributed by atoms with E-state index in [-0.39, 0.29) is 11.7 Å². The van der Waals surface area contributed by atoms with Crippen molar-refractivity contribution in [1.82, 2.24) is 4.90 Å². The molecular weight excluding hydrogens is 380 g/mol. The predicted molar refractivity (Wildman–Crippen MR) is 106 cm³/mol. The molecule has 1 heterocycles. The van der Waals surface area contributed by atoms with Crippen LogP contribution in [0.5, 0.6) is 0 Å². The number of hydrogen-bond donors (Lipinski definition) is 0. The van der Waals surface area contributed by atoms with Crippen molar-refractivity contribution in [3.05, 3.63) is 65.2 Å². The average Bonchev–Trinajstić information content (AvgIpc) is 3.06. The van der Waals surface area contributed by atoms with Gasteiger partial charge in [-0.3, -0.25) is 9.10 Å². The zero-order valence-electron chi connectivity index (χ0n) is 15.8. The van der Waals surface area contributed by atoms with Gasteiger partial charge in [0.1, 0.15) is 0 Å². The largest absolute Gasteiger partial charge is 0.465 e. The molecule has 0 unspecified atom stereocenters. The molecule has 1 aliphatic rings. The van der Waals surface area contributed by atoms with E-state index in [1.807, 2.05) is 0 Å². The van der Waals surface area contributed by atoms with Gasteiger partial charge in [0.2, 0.25) is 10.0 Å². The van der Waals surface area contributed by atoms with E-state index in [1.165, 1.54) is 11.4 Å². The van der Waals surface area contributed by atoms with Crippen LogP contribution in [0, 0.1) is 0 Å². The van der Waals surface area contributed by atoms with Gasteiger partial charge in [0.25, 0.3) is 5.91 Å². The van der Waals surface area contributed by atoms with Crippen LogP contribution in [0.4, 0.5) is 5.69 Å². The lowest BCUT2D eigenvalue weighted by molar-refractivity contribution is 0.0600. The summed E-state index contributed by atoms with van der Waals surface area (Å²) in [5, 5.41) is 0. The molecule has 0 spiro atoms. The number of rotatable bonds is 5. The average molecular weight is 402 g/mol. The topological polar surface area (TPSA) is 84.0 Å². The first-order valence-electron chi connectivity index (χ1n) is 8.85. The van der Waals surface area contributed by atoms with Crippen LogP contribution in [0.3, 0.4) is 0 Å². The van der Waals surface area contributed by atoms with Gasteiger partial charge in [-0.2, -0.15) is 0 Å². The Balaban J connectivity index is 1.73. The molecule has 1 saturated heterocycles. The first-order valence-corrected chi connectivity index (χ1v) is 10.5. The number of ether oxygens (including phenoxy) is 1. The first kappa shape index (κ1) is 19.9. The lowest BCUT2D eigenvalue weighted by atomic mass is 10.1.